The number of hydrogen-bond donors (Lipinski definition) is 1. The molecule has 3 heterocycles. The summed E-state index contributed by atoms with van der Waals surface area (Å²) in [5.74, 6) is 1.13. The van der Waals surface area contributed by atoms with Crippen molar-refractivity contribution in [1.82, 2.24) is 4.90 Å². The van der Waals surface area contributed by atoms with Crippen LogP contribution in [0.25, 0.3) is 0 Å². The number of hydrogen-bond acceptors (Lipinski definition) is 4. The van der Waals surface area contributed by atoms with Crippen LogP contribution in [0.3, 0.4) is 0 Å². The van der Waals surface area contributed by atoms with Gasteiger partial charge in [0.05, 0.1) is 18.8 Å². The first kappa shape index (κ1) is 11.4. The third-order valence-electron chi connectivity index (χ3n) is 4.43. The highest BCUT2D eigenvalue weighted by Crippen LogP contribution is 2.47. The van der Waals surface area contributed by atoms with E-state index >= 15 is 0 Å². The monoisotopic (exact) mass is 240 g/mol. The molecule has 3 rings (SSSR count). The van der Waals surface area contributed by atoms with Gasteiger partial charge < -0.3 is 20.1 Å². The Balaban J connectivity index is 1.63. The molecule has 0 aromatic rings. The molecule has 3 saturated heterocycles. The minimum atomic E-state index is -0.516. The molecule has 2 N–H and O–H groups in total. The van der Waals surface area contributed by atoms with Crippen molar-refractivity contribution in [2.45, 2.75) is 31.1 Å². The Morgan fingerprint density at radius 1 is 1.41 bits per heavy atom. The fourth-order valence-corrected chi connectivity index (χ4v) is 3.63. The second-order valence-corrected chi connectivity index (χ2v) is 5.42. The molecule has 3 fully saturated rings. The van der Waals surface area contributed by atoms with Crippen LogP contribution in [0.15, 0.2) is 0 Å². The number of carbonyl (C=O) groups excluding carboxylic acids is 1. The number of methoxy groups -OCH3 is 1. The van der Waals surface area contributed by atoms with Crippen molar-refractivity contribution in [3.63, 3.8) is 0 Å². The number of carbonyl (C=O) groups is 1. The zero-order chi connectivity index (χ0) is 12.0. The Morgan fingerprint density at radius 2 is 2.00 bits per heavy atom. The number of amides is 1. The van der Waals surface area contributed by atoms with Crippen LogP contribution in [0.5, 0.6) is 0 Å². The van der Waals surface area contributed by atoms with Crippen LogP contribution in [-0.4, -0.2) is 55.9 Å². The lowest BCUT2D eigenvalue weighted by Gasteiger charge is -2.22. The number of likely N-dealkylation sites (tertiary alicyclic amines) is 1. The summed E-state index contributed by atoms with van der Waals surface area (Å²) in [5.41, 5.74) is 5.80. The Labute approximate surface area is 101 Å². The number of nitrogens with two attached hydrogens (primary N) is 1. The van der Waals surface area contributed by atoms with E-state index in [1.165, 1.54) is 0 Å². The molecule has 3 aliphatic rings. The van der Waals surface area contributed by atoms with Gasteiger partial charge in [-0.05, 0) is 12.8 Å². The van der Waals surface area contributed by atoms with Gasteiger partial charge in [-0.2, -0.15) is 0 Å². The van der Waals surface area contributed by atoms with Crippen LogP contribution in [0.4, 0.5) is 0 Å². The molecular formula is C12H20N2O3. The van der Waals surface area contributed by atoms with Gasteiger partial charge >= 0.3 is 0 Å². The largest absolute Gasteiger partial charge is 0.383 e. The standard InChI is InChI=1S/C12H20N2O3/c1-16-6-9(13)12(15)14-4-7-8(5-14)11-3-2-10(7)17-11/h7-11H,2-6,13H2,1H3. The molecule has 17 heavy (non-hydrogen) atoms. The summed E-state index contributed by atoms with van der Waals surface area (Å²) in [6, 6.07) is -0.516. The third-order valence-corrected chi connectivity index (χ3v) is 4.43. The van der Waals surface area contributed by atoms with E-state index in [4.69, 9.17) is 15.2 Å². The van der Waals surface area contributed by atoms with Crippen molar-refractivity contribution in [3.05, 3.63) is 0 Å². The van der Waals surface area contributed by atoms with E-state index < -0.39 is 6.04 Å². The molecule has 0 saturated carbocycles. The van der Waals surface area contributed by atoms with Crippen LogP contribution in [0.2, 0.25) is 0 Å². The SMILES string of the molecule is COCC(N)C(=O)N1CC2C3CCC(O3)C2C1. The number of ether oxygens (including phenoxy) is 2. The molecule has 0 aromatic heterocycles. The number of nitrogens with zero attached hydrogens (tertiary/aromatic N) is 1. The summed E-state index contributed by atoms with van der Waals surface area (Å²) in [6.45, 7) is 1.94. The predicted molar refractivity (Wildman–Crippen MR) is 61.3 cm³/mol. The topological polar surface area (TPSA) is 64.8 Å². The van der Waals surface area contributed by atoms with E-state index in [0.29, 0.717) is 30.7 Å². The van der Waals surface area contributed by atoms with Crippen molar-refractivity contribution in [2.75, 3.05) is 26.8 Å². The maximum atomic E-state index is 12.1. The smallest absolute Gasteiger partial charge is 0.241 e. The van der Waals surface area contributed by atoms with E-state index in [0.717, 1.165) is 25.9 Å². The maximum Gasteiger partial charge on any atom is 0.241 e. The molecule has 2 bridgehead atoms. The van der Waals surface area contributed by atoms with Gasteiger partial charge in [0.1, 0.15) is 6.04 Å². The van der Waals surface area contributed by atoms with Crippen LogP contribution in [0.1, 0.15) is 12.8 Å². The van der Waals surface area contributed by atoms with Gasteiger partial charge in [-0.15, -0.1) is 0 Å². The third kappa shape index (κ3) is 1.77. The lowest BCUT2D eigenvalue weighted by atomic mass is 9.82. The fourth-order valence-electron chi connectivity index (χ4n) is 3.63. The average molecular weight is 240 g/mol. The first-order valence-electron chi connectivity index (χ1n) is 6.39. The highest BCUT2D eigenvalue weighted by atomic mass is 16.5. The molecule has 5 unspecified atom stereocenters. The average Bonchev–Trinajstić information content (AvgIpc) is 2.99. The molecule has 0 aromatic carbocycles. The van der Waals surface area contributed by atoms with Crippen LogP contribution in [-0.2, 0) is 14.3 Å². The van der Waals surface area contributed by atoms with Crippen LogP contribution < -0.4 is 5.73 Å². The van der Waals surface area contributed by atoms with Crippen LogP contribution >= 0.6 is 0 Å². The van der Waals surface area contributed by atoms with Crippen LogP contribution in [0, 0.1) is 11.8 Å². The summed E-state index contributed by atoms with van der Waals surface area (Å²) < 4.78 is 10.8. The summed E-state index contributed by atoms with van der Waals surface area (Å²) in [7, 11) is 1.57. The molecule has 5 heteroatoms. The summed E-state index contributed by atoms with van der Waals surface area (Å²) in [6.07, 6.45) is 3.11. The molecule has 96 valence electrons. The molecule has 3 aliphatic heterocycles. The maximum absolute atomic E-state index is 12.1. The van der Waals surface area contributed by atoms with E-state index in [1.807, 2.05) is 4.90 Å². The van der Waals surface area contributed by atoms with Gasteiger partial charge in [0.15, 0.2) is 0 Å². The fraction of sp³-hybridized carbons (Fsp3) is 0.917. The quantitative estimate of drug-likeness (QED) is 0.729. The van der Waals surface area contributed by atoms with E-state index in [-0.39, 0.29) is 5.91 Å². The Hall–Kier alpha value is -0.650. The minimum absolute atomic E-state index is 0.0284. The van der Waals surface area contributed by atoms with Gasteiger partial charge in [0.25, 0.3) is 0 Å². The summed E-state index contributed by atoms with van der Waals surface area (Å²) in [5, 5.41) is 0. The highest BCUT2D eigenvalue weighted by Gasteiger charge is 2.53. The van der Waals surface area contributed by atoms with Gasteiger partial charge in [-0.3, -0.25) is 4.79 Å². The highest BCUT2D eigenvalue weighted by molar-refractivity contribution is 5.82. The zero-order valence-electron chi connectivity index (χ0n) is 10.2. The van der Waals surface area contributed by atoms with Gasteiger partial charge in [-0.25, -0.2) is 0 Å². The van der Waals surface area contributed by atoms with Crippen molar-refractivity contribution < 1.29 is 14.3 Å². The number of fused-ring (bicyclic) bond motifs is 5. The minimum Gasteiger partial charge on any atom is -0.383 e. The molecule has 0 spiro atoms. The van der Waals surface area contributed by atoms with Crippen molar-refractivity contribution >= 4 is 5.91 Å². The molecular weight excluding hydrogens is 220 g/mol. The normalized spacial score (nSPS) is 40.7. The number of rotatable bonds is 3. The summed E-state index contributed by atoms with van der Waals surface area (Å²) in [4.78, 5) is 14.0. The first-order chi connectivity index (χ1) is 8.20. The van der Waals surface area contributed by atoms with Crippen molar-refractivity contribution in [1.29, 1.82) is 0 Å². The van der Waals surface area contributed by atoms with E-state index in [9.17, 15) is 4.79 Å². The van der Waals surface area contributed by atoms with Gasteiger partial charge in [0, 0.05) is 32.0 Å². The molecule has 1 amide bonds. The first-order valence-corrected chi connectivity index (χ1v) is 6.39. The predicted octanol–water partition coefficient (Wildman–Crippen LogP) is -0.404. The van der Waals surface area contributed by atoms with E-state index in [1.54, 1.807) is 7.11 Å². The summed E-state index contributed by atoms with van der Waals surface area (Å²) >= 11 is 0. The molecule has 0 radical (unpaired) electrons. The Kier molecular flexibility index (Phi) is 2.84. The van der Waals surface area contributed by atoms with E-state index in [2.05, 4.69) is 0 Å². The Morgan fingerprint density at radius 3 is 2.53 bits per heavy atom. The Bertz CT molecular complexity index is 305. The second kappa shape index (κ2) is 4.23. The van der Waals surface area contributed by atoms with Gasteiger partial charge in [-0.1, -0.05) is 0 Å². The lowest BCUT2D eigenvalue weighted by molar-refractivity contribution is -0.133. The van der Waals surface area contributed by atoms with Gasteiger partial charge in [0.2, 0.25) is 5.91 Å². The van der Waals surface area contributed by atoms with Crippen molar-refractivity contribution in [2.24, 2.45) is 17.6 Å². The van der Waals surface area contributed by atoms with Crippen molar-refractivity contribution in [3.8, 4) is 0 Å². The lowest BCUT2D eigenvalue weighted by Crippen LogP contribution is -2.45. The molecule has 0 aliphatic carbocycles. The molecule has 5 atom stereocenters. The second-order valence-electron chi connectivity index (χ2n) is 5.42. The zero-order valence-corrected chi connectivity index (χ0v) is 10.2. The molecule has 5 nitrogen and oxygen atoms in total.